The molecule has 96 valence electrons. The van der Waals surface area contributed by atoms with E-state index in [1.807, 2.05) is 6.92 Å². The van der Waals surface area contributed by atoms with Gasteiger partial charge < -0.3 is 15.6 Å². The van der Waals surface area contributed by atoms with E-state index in [-0.39, 0.29) is 12.4 Å². The predicted molar refractivity (Wildman–Crippen MR) is 65.4 cm³/mol. The Morgan fingerprint density at radius 3 is 2.53 bits per heavy atom. The maximum absolute atomic E-state index is 12.6. The van der Waals surface area contributed by atoms with Gasteiger partial charge >= 0.3 is 0 Å². The summed E-state index contributed by atoms with van der Waals surface area (Å²) in [5, 5.41) is 8.96. The molecule has 0 saturated carbocycles. The SMILES string of the molecule is CC(N)(CO)CCCCOc1ccc(F)cc1. The molecule has 0 heterocycles. The van der Waals surface area contributed by atoms with E-state index < -0.39 is 5.54 Å². The number of unbranched alkanes of at least 4 members (excludes halogenated alkanes) is 1. The van der Waals surface area contributed by atoms with Crippen LogP contribution in [0.5, 0.6) is 5.75 Å². The molecule has 1 aromatic carbocycles. The highest BCUT2D eigenvalue weighted by atomic mass is 19.1. The Labute approximate surface area is 101 Å². The van der Waals surface area contributed by atoms with Crippen LogP contribution in [-0.4, -0.2) is 23.9 Å². The van der Waals surface area contributed by atoms with E-state index in [4.69, 9.17) is 15.6 Å². The lowest BCUT2D eigenvalue weighted by atomic mass is 9.97. The summed E-state index contributed by atoms with van der Waals surface area (Å²) in [4.78, 5) is 0. The fourth-order valence-corrected chi connectivity index (χ4v) is 1.43. The normalized spacial score (nSPS) is 14.4. The first-order chi connectivity index (χ1) is 8.03. The van der Waals surface area contributed by atoms with Gasteiger partial charge in [0.1, 0.15) is 11.6 Å². The van der Waals surface area contributed by atoms with Gasteiger partial charge in [-0.1, -0.05) is 0 Å². The number of benzene rings is 1. The molecule has 0 amide bonds. The van der Waals surface area contributed by atoms with E-state index in [1.165, 1.54) is 12.1 Å². The molecule has 0 spiro atoms. The van der Waals surface area contributed by atoms with E-state index in [0.29, 0.717) is 12.4 Å². The smallest absolute Gasteiger partial charge is 0.123 e. The summed E-state index contributed by atoms with van der Waals surface area (Å²) in [6.07, 6.45) is 2.52. The van der Waals surface area contributed by atoms with Crippen LogP contribution in [0.15, 0.2) is 24.3 Å². The van der Waals surface area contributed by atoms with Crippen LogP contribution in [0, 0.1) is 5.82 Å². The van der Waals surface area contributed by atoms with Gasteiger partial charge in [-0.3, -0.25) is 0 Å². The van der Waals surface area contributed by atoms with Gasteiger partial charge in [0.2, 0.25) is 0 Å². The van der Waals surface area contributed by atoms with E-state index in [1.54, 1.807) is 12.1 Å². The van der Waals surface area contributed by atoms with Gasteiger partial charge in [0, 0.05) is 5.54 Å². The average molecular weight is 241 g/mol. The third-order valence-corrected chi connectivity index (χ3v) is 2.59. The molecular formula is C13H20FNO2. The molecule has 1 atom stereocenters. The van der Waals surface area contributed by atoms with E-state index in [2.05, 4.69) is 0 Å². The zero-order valence-electron chi connectivity index (χ0n) is 10.2. The summed E-state index contributed by atoms with van der Waals surface area (Å²) in [5.41, 5.74) is 5.29. The molecule has 1 unspecified atom stereocenters. The van der Waals surface area contributed by atoms with E-state index in [9.17, 15) is 4.39 Å². The average Bonchev–Trinajstić information content (AvgIpc) is 2.31. The zero-order valence-corrected chi connectivity index (χ0v) is 10.2. The first kappa shape index (κ1) is 13.9. The van der Waals surface area contributed by atoms with Crippen LogP contribution in [0.1, 0.15) is 26.2 Å². The Balaban J connectivity index is 2.14. The van der Waals surface area contributed by atoms with Gasteiger partial charge in [-0.25, -0.2) is 4.39 Å². The van der Waals surface area contributed by atoms with Crippen molar-refractivity contribution in [2.45, 2.75) is 31.7 Å². The molecule has 3 nitrogen and oxygen atoms in total. The number of rotatable bonds is 7. The minimum Gasteiger partial charge on any atom is -0.494 e. The molecule has 0 aliphatic heterocycles. The third-order valence-electron chi connectivity index (χ3n) is 2.59. The Kier molecular flexibility index (Phi) is 5.38. The summed E-state index contributed by atoms with van der Waals surface area (Å²) in [7, 11) is 0. The van der Waals surface area contributed by atoms with Gasteiger partial charge in [-0.2, -0.15) is 0 Å². The highest BCUT2D eigenvalue weighted by Gasteiger charge is 2.15. The second kappa shape index (κ2) is 6.57. The van der Waals surface area contributed by atoms with Crippen molar-refractivity contribution >= 4 is 0 Å². The fourth-order valence-electron chi connectivity index (χ4n) is 1.43. The lowest BCUT2D eigenvalue weighted by Gasteiger charge is -2.21. The number of nitrogens with two attached hydrogens (primary N) is 1. The molecular weight excluding hydrogens is 221 g/mol. The molecule has 3 N–H and O–H groups in total. The van der Waals surface area contributed by atoms with Gasteiger partial charge in [0.25, 0.3) is 0 Å². The monoisotopic (exact) mass is 241 g/mol. The summed E-state index contributed by atoms with van der Waals surface area (Å²) in [5.74, 6) is 0.406. The van der Waals surface area contributed by atoms with Crippen molar-refractivity contribution in [2.24, 2.45) is 5.73 Å². The topological polar surface area (TPSA) is 55.5 Å². The minimum atomic E-state index is -0.504. The highest BCUT2D eigenvalue weighted by Crippen LogP contribution is 2.13. The molecule has 0 aliphatic carbocycles. The number of hydrogen-bond acceptors (Lipinski definition) is 3. The summed E-state index contributed by atoms with van der Waals surface area (Å²) >= 11 is 0. The second-order valence-electron chi connectivity index (χ2n) is 4.57. The molecule has 17 heavy (non-hydrogen) atoms. The van der Waals surface area contributed by atoms with Gasteiger partial charge in [-0.05, 0) is 50.5 Å². The van der Waals surface area contributed by atoms with E-state index in [0.717, 1.165) is 19.3 Å². The number of halogens is 1. The minimum absolute atomic E-state index is 0.00812. The van der Waals surface area contributed by atoms with Crippen LogP contribution in [0.4, 0.5) is 4.39 Å². The van der Waals surface area contributed by atoms with Crippen molar-refractivity contribution < 1.29 is 14.2 Å². The molecule has 4 heteroatoms. The number of ether oxygens (including phenoxy) is 1. The lowest BCUT2D eigenvalue weighted by molar-refractivity contribution is 0.194. The van der Waals surface area contributed by atoms with Crippen LogP contribution in [0.25, 0.3) is 0 Å². The quantitative estimate of drug-likeness (QED) is 0.719. The summed E-state index contributed by atoms with van der Waals surface area (Å²) in [6, 6.07) is 5.96. The number of hydrogen-bond donors (Lipinski definition) is 2. The summed E-state index contributed by atoms with van der Waals surface area (Å²) < 4.78 is 18.0. The number of aliphatic hydroxyl groups excluding tert-OH is 1. The van der Waals surface area contributed by atoms with Crippen molar-refractivity contribution in [3.8, 4) is 5.75 Å². The predicted octanol–water partition coefficient (Wildman–Crippen LogP) is 2.08. The molecule has 0 aliphatic rings. The van der Waals surface area contributed by atoms with Gasteiger partial charge in [-0.15, -0.1) is 0 Å². The first-order valence-electron chi connectivity index (χ1n) is 5.82. The Morgan fingerprint density at radius 2 is 1.94 bits per heavy atom. The standard InChI is InChI=1S/C13H20FNO2/c1-13(15,10-16)8-2-3-9-17-12-6-4-11(14)5-7-12/h4-7,16H,2-3,8-10,15H2,1H3. The Hall–Kier alpha value is -1.13. The van der Waals surface area contributed by atoms with Crippen molar-refractivity contribution in [1.82, 2.24) is 0 Å². The van der Waals surface area contributed by atoms with E-state index >= 15 is 0 Å². The van der Waals surface area contributed by atoms with Crippen LogP contribution in [0.3, 0.4) is 0 Å². The second-order valence-corrected chi connectivity index (χ2v) is 4.57. The van der Waals surface area contributed by atoms with Crippen LogP contribution < -0.4 is 10.5 Å². The molecule has 0 bridgehead atoms. The molecule has 0 saturated heterocycles. The molecule has 1 aromatic rings. The van der Waals surface area contributed by atoms with Crippen molar-refractivity contribution in [3.63, 3.8) is 0 Å². The zero-order chi connectivity index (χ0) is 12.7. The largest absolute Gasteiger partial charge is 0.494 e. The van der Waals surface area contributed by atoms with Crippen LogP contribution in [-0.2, 0) is 0 Å². The molecule has 0 radical (unpaired) electrons. The highest BCUT2D eigenvalue weighted by molar-refractivity contribution is 5.21. The summed E-state index contributed by atoms with van der Waals surface area (Å²) in [6.45, 7) is 2.40. The maximum Gasteiger partial charge on any atom is 0.123 e. The fraction of sp³-hybridized carbons (Fsp3) is 0.538. The lowest BCUT2D eigenvalue weighted by Crippen LogP contribution is -2.39. The molecule has 0 aromatic heterocycles. The van der Waals surface area contributed by atoms with Gasteiger partial charge in [0.05, 0.1) is 13.2 Å². The van der Waals surface area contributed by atoms with Crippen LogP contribution in [0.2, 0.25) is 0 Å². The third kappa shape index (κ3) is 5.65. The van der Waals surface area contributed by atoms with Crippen LogP contribution >= 0.6 is 0 Å². The maximum atomic E-state index is 12.6. The van der Waals surface area contributed by atoms with Crippen molar-refractivity contribution in [1.29, 1.82) is 0 Å². The molecule has 0 fully saturated rings. The molecule has 1 rings (SSSR count). The Bertz CT molecular complexity index is 325. The van der Waals surface area contributed by atoms with Crippen molar-refractivity contribution in [2.75, 3.05) is 13.2 Å². The van der Waals surface area contributed by atoms with Gasteiger partial charge in [0.15, 0.2) is 0 Å². The Morgan fingerprint density at radius 1 is 1.29 bits per heavy atom. The first-order valence-corrected chi connectivity index (χ1v) is 5.82. The number of aliphatic hydroxyl groups is 1. The van der Waals surface area contributed by atoms with Crippen molar-refractivity contribution in [3.05, 3.63) is 30.1 Å².